The smallest absolute Gasteiger partial charge is 0.266 e. The lowest BCUT2D eigenvalue weighted by atomic mass is 10.1. The summed E-state index contributed by atoms with van der Waals surface area (Å²) in [6.07, 6.45) is 1.46. The Balaban J connectivity index is 1.60. The van der Waals surface area contributed by atoms with Gasteiger partial charge in [0.1, 0.15) is 23.1 Å². The van der Waals surface area contributed by atoms with Gasteiger partial charge < -0.3 is 20.1 Å². The number of carbonyl (C=O) groups is 2. The summed E-state index contributed by atoms with van der Waals surface area (Å²) in [4.78, 5) is 24.7. The Labute approximate surface area is 216 Å². The molecule has 3 aromatic carbocycles. The van der Waals surface area contributed by atoms with Gasteiger partial charge in [0.25, 0.3) is 11.8 Å². The molecule has 3 aromatic rings. The third kappa shape index (κ3) is 7.88. The maximum absolute atomic E-state index is 12.5. The topological polar surface area (TPSA) is 100 Å². The van der Waals surface area contributed by atoms with Crippen molar-refractivity contribution in [2.24, 2.45) is 0 Å². The Morgan fingerprint density at radius 3 is 2.29 bits per heavy atom. The maximum atomic E-state index is 12.5. The quantitative estimate of drug-likeness (QED) is 0.247. The lowest BCUT2D eigenvalue weighted by molar-refractivity contribution is -0.118. The highest BCUT2D eigenvalue weighted by atomic mass is 79.9. The highest BCUT2D eigenvalue weighted by molar-refractivity contribution is 9.10. The maximum Gasteiger partial charge on any atom is 0.266 e. The van der Waals surface area contributed by atoms with Gasteiger partial charge >= 0.3 is 0 Å². The molecule has 0 aliphatic heterocycles. The Bertz CT molecular complexity index is 1270. The second kappa shape index (κ2) is 12.6. The van der Waals surface area contributed by atoms with E-state index < -0.39 is 5.91 Å². The number of ether oxygens (including phenoxy) is 2. The van der Waals surface area contributed by atoms with Crippen molar-refractivity contribution in [2.45, 2.75) is 6.92 Å². The fraction of sp³-hybridized carbons (Fsp3) is 0.115. The molecule has 2 amide bonds. The van der Waals surface area contributed by atoms with E-state index in [2.05, 4.69) is 26.6 Å². The predicted molar refractivity (Wildman–Crippen MR) is 140 cm³/mol. The number of amides is 2. The van der Waals surface area contributed by atoms with E-state index in [1.165, 1.54) is 6.08 Å². The summed E-state index contributed by atoms with van der Waals surface area (Å²) in [5.74, 6) is 0.259. The number of rotatable bonds is 9. The number of anilines is 2. The minimum atomic E-state index is -0.535. The zero-order valence-electron chi connectivity index (χ0n) is 18.7. The van der Waals surface area contributed by atoms with Crippen LogP contribution in [0.3, 0.4) is 0 Å². The third-order valence-corrected chi connectivity index (χ3v) is 5.41. The number of nitrogens with one attached hydrogen (secondary N) is 2. The third-order valence-electron chi connectivity index (χ3n) is 4.54. The highest BCUT2D eigenvalue weighted by Gasteiger charge is 2.11. The van der Waals surface area contributed by atoms with E-state index in [0.29, 0.717) is 44.5 Å². The van der Waals surface area contributed by atoms with E-state index in [1.54, 1.807) is 66.7 Å². The van der Waals surface area contributed by atoms with E-state index in [-0.39, 0.29) is 18.1 Å². The van der Waals surface area contributed by atoms with Crippen molar-refractivity contribution >= 4 is 56.8 Å². The fourth-order valence-corrected chi connectivity index (χ4v) is 3.55. The molecule has 0 heterocycles. The fourth-order valence-electron chi connectivity index (χ4n) is 2.91. The van der Waals surface area contributed by atoms with Gasteiger partial charge in [-0.05, 0) is 95.2 Å². The second-order valence-electron chi connectivity index (χ2n) is 7.11. The van der Waals surface area contributed by atoms with Crippen LogP contribution in [0, 0.1) is 11.3 Å². The average molecular weight is 555 g/mol. The Hall–Kier alpha value is -3.80. The number of hydrogen-bond donors (Lipinski definition) is 2. The summed E-state index contributed by atoms with van der Waals surface area (Å²) < 4.78 is 11.5. The molecular formula is C26H21BrClN3O4. The lowest BCUT2D eigenvalue weighted by Crippen LogP contribution is -2.20. The monoisotopic (exact) mass is 553 g/mol. The minimum absolute atomic E-state index is 0.0678. The van der Waals surface area contributed by atoms with Crippen molar-refractivity contribution in [3.8, 4) is 17.6 Å². The summed E-state index contributed by atoms with van der Waals surface area (Å²) in [5.41, 5.74) is 1.69. The van der Waals surface area contributed by atoms with Crippen LogP contribution in [-0.2, 0) is 9.59 Å². The Morgan fingerprint density at radius 2 is 1.66 bits per heavy atom. The Morgan fingerprint density at radius 1 is 1.00 bits per heavy atom. The van der Waals surface area contributed by atoms with Crippen LogP contribution >= 0.6 is 27.5 Å². The first-order chi connectivity index (χ1) is 16.9. The van der Waals surface area contributed by atoms with Gasteiger partial charge in [-0.3, -0.25) is 9.59 Å². The van der Waals surface area contributed by atoms with Gasteiger partial charge in [-0.15, -0.1) is 0 Å². The molecule has 35 heavy (non-hydrogen) atoms. The summed E-state index contributed by atoms with van der Waals surface area (Å²) in [5, 5.41) is 15.4. The van der Waals surface area contributed by atoms with Crippen molar-refractivity contribution in [1.82, 2.24) is 0 Å². The molecule has 0 aliphatic carbocycles. The number of carbonyl (C=O) groups excluding carboxylic acids is 2. The first-order valence-corrected chi connectivity index (χ1v) is 11.7. The molecule has 178 valence electrons. The Kier molecular flexibility index (Phi) is 9.30. The molecule has 3 rings (SSSR count). The summed E-state index contributed by atoms with van der Waals surface area (Å²) in [7, 11) is 0. The summed E-state index contributed by atoms with van der Waals surface area (Å²) >= 11 is 9.24. The number of benzene rings is 3. The number of nitrogens with zero attached hydrogens (tertiary/aromatic N) is 1. The van der Waals surface area contributed by atoms with Gasteiger partial charge in [0, 0.05) is 16.4 Å². The number of nitriles is 1. The van der Waals surface area contributed by atoms with Crippen molar-refractivity contribution < 1.29 is 19.1 Å². The van der Waals surface area contributed by atoms with Crippen LogP contribution in [0.5, 0.6) is 11.5 Å². The molecule has 0 aromatic heterocycles. The van der Waals surface area contributed by atoms with E-state index >= 15 is 0 Å². The number of hydrogen-bond acceptors (Lipinski definition) is 5. The van der Waals surface area contributed by atoms with Crippen LogP contribution in [0.2, 0.25) is 5.02 Å². The predicted octanol–water partition coefficient (Wildman–Crippen LogP) is 6.06. The minimum Gasteiger partial charge on any atom is -0.494 e. The largest absolute Gasteiger partial charge is 0.494 e. The molecule has 0 unspecified atom stereocenters. The molecule has 0 bridgehead atoms. The molecular weight excluding hydrogens is 534 g/mol. The molecule has 2 N–H and O–H groups in total. The van der Waals surface area contributed by atoms with Crippen LogP contribution in [0.4, 0.5) is 11.4 Å². The molecule has 0 atom stereocenters. The van der Waals surface area contributed by atoms with Crippen LogP contribution < -0.4 is 20.1 Å². The SMILES string of the molecule is CCOc1ccc(NC(=O)/C(C#N)=C/c2ccc(OCC(=O)Nc3ccc(Cl)cc3)c(Br)c2)cc1. The molecule has 0 aliphatic rings. The molecule has 7 nitrogen and oxygen atoms in total. The lowest BCUT2D eigenvalue weighted by Gasteiger charge is -2.10. The van der Waals surface area contributed by atoms with Gasteiger partial charge in [0.2, 0.25) is 0 Å². The molecule has 0 saturated heterocycles. The van der Waals surface area contributed by atoms with Crippen LogP contribution in [-0.4, -0.2) is 25.0 Å². The van der Waals surface area contributed by atoms with Crippen molar-refractivity contribution in [3.63, 3.8) is 0 Å². The molecule has 0 radical (unpaired) electrons. The molecule has 0 spiro atoms. The van der Waals surface area contributed by atoms with Crippen molar-refractivity contribution in [1.29, 1.82) is 5.26 Å². The molecule has 9 heteroatoms. The van der Waals surface area contributed by atoms with Gasteiger partial charge in [-0.2, -0.15) is 5.26 Å². The van der Waals surface area contributed by atoms with E-state index in [1.807, 2.05) is 13.0 Å². The van der Waals surface area contributed by atoms with Crippen LogP contribution in [0.1, 0.15) is 12.5 Å². The van der Waals surface area contributed by atoms with Crippen molar-refractivity contribution in [3.05, 3.63) is 87.4 Å². The zero-order valence-corrected chi connectivity index (χ0v) is 21.0. The van der Waals surface area contributed by atoms with Crippen molar-refractivity contribution in [2.75, 3.05) is 23.8 Å². The summed E-state index contributed by atoms with van der Waals surface area (Å²) in [6.45, 7) is 2.23. The van der Waals surface area contributed by atoms with Gasteiger partial charge in [-0.25, -0.2) is 0 Å². The highest BCUT2D eigenvalue weighted by Crippen LogP contribution is 2.27. The first-order valence-electron chi connectivity index (χ1n) is 10.5. The molecule has 0 fully saturated rings. The van der Waals surface area contributed by atoms with Gasteiger partial charge in [-0.1, -0.05) is 17.7 Å². The van der Waals surface area contributed by atoms with E-state index in [4.69, 9.17) is 21.1 Å². The second-order valence-corrected chi connectivity index (χ2v) is 8.41. The van der Waals surface area contributed by atoms with Gasteiger partial charge in [0.05, 0.1) is 11.1 Å². The molecule has 0 saturated carbocycles. The van der Waals surface area contributed by atoms with E-state index in [0.717, 1.165) is 0 Å². The number of halogens is 2. The van der Waals surface area contributed by atoms with Crippen LogP contribution in [0.25, 0.3) is 6.08 Å². The van der Waals surface area contributed by atoms with Gasteiger partial charge in [0.15, 0.2) is 6.61 Å². The zero-order chi connectivity index (χ0) is 25.2. The van der Waals surface area contributed by atoms with E-state index in [9.17, 15) is 14.9 Å². The normalized spacial score (nSPS) is 10.7. The summed E-state index contributed by atoms with van der Waals surface area (Å²) in [6, 6.07) is 20.5. The van der Waals surface area contributed by atoms with Crippen LogP contribution in [0.15, 0.2) is 76.8 Å². The average Bonchev–Trinajstić information content (AvgIpc) is 2.84. The first kappa shape index (κ1) is 25.8. The standard InChI is InChI=1S/C26H21BrClN3O4/c1-2-34-22-10-8-21(9-11-22)31-26(33)18(15-29)13-17-3-12-24(23(27)14-17)35-16-25(32)30-20-6-4-19(28)5-7-20/h3-14H,2,16H2,1H3,(H,30,32)(H,31,33)/b18-13+.